The minimum Gasteiger partial charge on any atom is -0.394 e. The van der Waals surface area contributed by atoms with E-state index in [1.54, 1.807) is 0 Å². The Bertz CT molecular complexity index is 258. The molecule has 1 rings (SSSR count). The standard InChI is InChI=1S/C10H18N2O2/c1-9(11)10-3-2-4-12(10)5-7-14-8-6-13/h2-4,9,13H,5-8,11H2,1H3. The summed E-state index contributed by atoms with van der Waals surface area (Å²) in [4.78, 5) is 0. The predicted octanol–water partition coefficient (Wildman–Crippen LogP) is 0.517. The van der Waals surface area contributed by atoms with E-state index in [1.807, 2.05) is 25.3 Å². The maximum absolute atomic E-state index is 8.51. The molecule has 1 atom stereocenters. The Balaban J connectivity index is 2.38. The van der Waals surface area contributed by atoms with Crippen molar-refractivity contribution >= 4 is 0 Å². The number of aliphatic hydroxyl groups excluding tert-OH is 1. The number of ether oxygens (including phenoxy) is 1. The highest BCUT2D eigenvalue weighted by Gasteiger charge is 2.04. The summed E-state index contributed by atoms with van der Waals surface area (Å²) in [5, 5.41) is 8.51. The Kier molecular flexibility index (Phi) is 4.65. The highest BCUT2D eigenvalue weighted by molar-refractivity contribution is 5.10. The summed E-state index contributed by atoms with van der Waals surface area (Å²) < 4.78 is 7.25. The quantitative estimate of drug-likeness (QED) is 0.655. The van der Waals surface area contributed by atoms with E-state index < -0.39 is 0 Å². The molecule has 14 heavy (non-hydrogen) atoms. The molecular weight excluding hydrogens is 180 g/mol. The molecule has 0 saturated carbocycles. The van der Waals surface area contributed by atoms with Crippen LogP contribution in [0.5, 0.6) is 0 Å². The van der Waals surface area contributed by atoms with Crippen LogP contribution in [-0.4, -0.2) is 29.5 Å². The van der Waals surface area contributed by atoms with E-state index in [4.69, 9.17) is 15.6 Å². The minimum absolute atomic E-state index is 0.0443. The molecule has 4 nitrogen and oxygen atoms in total. The predicted molar refractivity (Wildman–Crippen MR) is 54.9 cm³/mol. The van der Waals surface area contributed by atoms with Crippen molar-refractivity contribution in [1.29, 1.82) is 0 Å². The fraction of sp³-hybridized carbons (Fsp3) is 0.600. The first-order valence-electron chi connectivity index (χ1n) is 4.85. The second-order valence-electron chi connectivity index (χ2n) is 3.25. The zero-order valence-electron chi connectivity index (χ0n) is 8.52. The molecule has 0 aromatic carbocycles. The second kappa shape index (κ2) is 5.80. The Hall–Kier alpha value is -0.840. The summed E-state index contributed by atoms with van der Waals surface area (Å²) >= 11 is 0. The first kappa shape index (κ1) is 11.2. The van der Waals surface area contributed by atoms with Gasteiger partial charge in [-0.1, -0.05) is 0 Å². The fourth-order valence-corrected chi connectivity index (χ4v) is 1.37. The van der Waals surface area contributed by atoms with Crippen LogP contribution >= 0.6 is 0 Å². The van der Waals surface area contributed by atoms with Gasteiger partial charge in [-0.05, 0) is 19.1 Å². The molecule has 4 heteroatoms. The Morgan fingerprint density at radius 3 is 3.00 bits per heavy atom. The maximum Gasteiger partial charge on any atom is 0.0698 e. The van der Waals surface area contributed by atoms with Crippen LogP contribution in [0, 0.1) is 0 Å². The van der Waals surface area contributed by atoms with Crippen LogP contribution in [0.4, 0.5) is 0 Å². The van der Waals surface area contributed by atoms with E-state index in [9.17, 15) is 0 Å². The number of hydrogen-bond donors (Lipinski definition) is 2. The van der Waals surface area contributed by atoms with E-state index in [0.29, 0.717) is 13.2 Å². The first-order valence-corrected chi connectivity index (χ1v) is 4.85. The molecule has 1 unspecified atom stereocenters. The van der Waals surface area contributed by atoms with Gasteiger partial charge in [0.15, 0.2) is 0 Å². The molecule has 0 fully saturated rings. The average Bonchev–Trinajstić information content (AvgIpc) is 2.60. The summed E-state index contributed by atoms with van der Waals surface area (Å²) in [5.74, 6) is 0. The van der Waals surface area contributed by atoms with Crippen molar-refractivity contribution < 1.29 is 9.84 Å². The van der Waals surface area contributed by atoms with Crippen LogP contribution in [-0.2, 0) is 11.3 Å². The lowest BCUT2D eigenvalue weighted by Crippen LogP contribution is -2.14. The van der Waals surface area contributed by atoms with Crippen LogP contribution in [0.1, 0.15) is 18.7 Å². The molecule has 1 aromatic heterocycles. The van der Waals surface area contributed by atoms with Crippen molar-refractivity contribution in [3.63, 3.8) is 0 Å². The Morgan fingerprint density at radius 2 is 2.36 bits per heavy atom. The largest absolute Gasteiger partial charge is 0.394 e. The fourth-order valence-electron chi connectivity index (χ4n) is 1.37. The number of aromatic nitrogens is 1. The Morgan fingerprint density at radius 1 is 1.57 bits per heavy atom. The van der Waals surface area contributed by atoms with Gasteiger partial charge in [-0.2, -0.15) is 0 Å². The molecule has 0 aliphatic heterocycles. The van der Waals surface area contributed by atoms with Crippen LogP contribution in [0.3, 0.4) is 0 Å². The third-order valence-electron chi connectivity index (χ3n) is 2.04. The molecule has 1 aromatic rings. The van der Waals surface area contributed by atoms with Gasteiger partial charge in [-0.25, -0.2) is 0 Å². The van der Waals surface area contributed by atoms with Gasteiger partial charge in [-0.3, -0.25) is 0 Å². The van der Waals surface area contributed by atoms with Crippen molar-refractivity contribution in [2.24, 2.45) is 5.73 Å². The van der Waals surface area contributed by atoms with Gasteiger partial charge in [0.2, 0.25) is 0 Å². The summed E-state index contributed by atoms with van der Waals surface area (Å²) in [7, 11) is 0. The van der Waals surface area contributed by atoms with E-state index in [1.165, 1.54) is 0 Å². The van der Waals surface area contributed by atoms with E-state index in [2.05, 4.69) is 4.57 Å². The Labute approximate surface area is 84.3 Å². The van der Waals surface area contributed by atoms with Crippen LogP contribution in [0.2, 0.25) is 0 Å². The van der Waals surface area contributed by atoms with Crippen LogP contribution in [0.15, 0.2) is 18.3 Å². The third-order valence-corrected chi connectivity index (χ3v) is 2.04. The molecule has 0 saturated heterocycles. The average molecular weight is 198 g/mol. The lowest BCUT2D eigenvalue weighted by Gasteiger charge is -2.11. The highest BCUT2D eigenvalue weighted by Crippen LogP contribution is 2.10. The van der Waals surface area contributed by atoms with Gasteiger partial charge in [-0.15, -0.1) is 0 Å². The van der Waals surface area contributed by atoms with Crippen LogP contribution in [0.25, 0.3) is 0 Å². The number of nitrogens with two attached hydrogens (primary N) is 1. The molecule has 0 spiro atoms. The van der Waals surface area contributed by atoms with Gasteiger partial charge < -0.3 is 20.1 Å². The topological polar surface area (TPSA) is 60.4 Å². The molecule has 80 valence electrons. The number of aliphatic hydroxyl groups is 1. The monoisotopic (exact) mass is 198 g/mol. The maximum atomic E-state index is 8.51. The molecular formula is C10H18N2O2. The van der Waals surface area contributed by atoms with E-state index in [-0.39, 0.29) is 12.6 Å². The molecule has 3 N–H and O–H groups in total. The van der Waals surface area contributed by atoms with Crippen molar-refractivity contribution in [2.75, 3.05) is 19.8 Å². The highest BCUT2D eigenvalue weighted by atomic mass is 16.5. The normalized spacial score (nSPS) is 13.1. The SMILES string of the molecule is CC(N)c1cccn1CCOCCO. The van der Waals surface area contributed by atoms with Gasteiger partial charge in [0.05, 0.1) is 19.8 Å². The summed E-state index contributed by atoms with van der Waals surface area (Å²) in [6.45, 7) is 3.82. The molecule has 1 heterocycles. The van der Waals surface area contributed by atoms with Crippen LogP contribution < -0.4 is 5.73 Å². The van der Waals surface area contributed by atoms with Gasteiger partial charge >= 0.3 is 0 Å². The molecule has 0 radical (unpaired) electrons. The summed E-state index contributed by atoms with van der Waals surface area (Å²) in [6, 6.07) is 4.03. The van der Waals surface area contributed by atoms with Crippen molar-refractivity contribution in [3.05, 3.63) is 24.0 Å². The summed E-state index contributed by atoms with van der Waals surface area (Å²) in [5.41, 5.74) is 6.90. The van der Waals surface area contributed by atoms with Crippen molar-refractivity contribution in [3.8, 4) is 0 Å². The van der Waals surface area contributed by atoms with Gasteiger partial charge in [0.25, 0.3) is 0 Å². The minimum atomic E-state index is 0.0443. The molecule has 0 aliphatic rings. The summed E-state index contributed by atoms with van der Waals surface area (Å²) in [6.07, 6.45) is 1.99. The van der Waals surface area contributed by atoms with Crippen molar-refractivity contribution in [2.45, 2.75) is 19.5 Å². The van der Waals surface area contributed by atoms with Gasteiger partial charge in [0.1, 0.15) is 0 Å². The van der Waals surface area contributed by atoms with Gasteiger partial charge in [0, 0.05) is 24.5 Å². The lowest BCUT2D eigenvalue weighted by molar-refractivity contribution is 0.0866. The number of nitrogens with zero attached hydrogens (tertiary/aromatic N) is 1. The smallest absolute Gasteiger partial charge is 0.0698 e. The number of rotatable bonds is 6. The zero-order chi connectivity index (χ0) is 10.4. The number of hydrogen-bond acceptors (Lipinski definition) is 3. The third kappa shape index (κ3) is 3.14. The van der Waals surface area contributed by atoms with E-state index >= 15 is 0 Å². The zero-order valence-corrected chi connectivity index (χ0v) is 8.52. The van der Waals surface area contributed by atoms with Crippen molar-refractivity contribution in [1.82, 2.24) is 4.57 Å². The molecule has 0 aliphatic carbocycles. The van der Waals surface area contributed by atoms with E-state index in [0.717, 1.165) is 12.2 Å². The second-order valence-corrected chi connectivity index (χ2v) is 3.25. The first-order chi connectivity index (χ1) is 6.75. The molecule has 0 amide bonds. The lowest BCUT2D eigenvalue weighted by atomic mass is 10.2. The molecule has 0 bridgehead atoms.